The summed E-state index contributed by atoms with van der Waals surface area (Å²) >= 11 is 0. The molecule has 2 aromatic rings. The van der Waals surface area contributed by atoms with Crippen LogP contribution in [0.3, 0.4) is 0 Å². The lowest BCUT2D eigenvalue weighted by atomic mass is 10.1. The van der Waals surface area contributed by atoms with Gasteiger partial charge in [-0.25, -0.2) is 0 Å². The molecule has 0 heterocycles. The summed E-state index contributed by atoms with van der Waals surface area (Å²) < 4.78 is 43.4. The maximum Gasteiger partial charge on any atom is 0.416 e. The lowest BCUT2D eigenvalue weighted by Crippen LogP contribution is -2.05. The van der Waals surface area contributed by atoms with Crippen LogP contribution in [0.4, 0.5) is 13.2 Å². The van der Waals surface area contributed by atoms with E-state index in [4.69, 9.17) is 10.00 Å². The zero-order chi connectivity index (χ0) is 15.5. The Morgan fingerprint density at radius 1 is 1.14 bits per heavy atom. The van der Waals surface area contributed by atoms with E-state index >= 15 is 0 Å². The Kier molecular flexibility index (Phi) is 4.18. The van der Waals surface area contributed by atoms with Crippen molar-refractivity contribution < 1.29 is 17.9 Å². The van der Waals surface area contributed by atoms with Crippen molar-refractivity contribution in [1.29, 1.82) is 5.26 Å². The molecule has 108 valence electrons. The molecule has 0 aliphatic rings. The van der Waals surface area contributed by atoms with Crippen molar-refractivity contribution in [3.8, 4) is 17.6 Å². The molecule has 21 heavy (non-hydrogen) atoms. The molecule has 0 N–H and O–H groups in total. The van der Waals surface area contributed by atoms with Gasteiger partial charge in [0.05, 0.1) is 11.1 Å². The molecule has 2 rings (SSSR count). The number of alkyl halides is 3. The van der Waals surface area contributed by atoms with E-state index in [1.165, 1.54) is 6.07 Å². The van der Waals surface area contributed by atoms with E-state index in [0.717, 1.165) is 24.1 Å². The van der Waals surface area contributed by atoms with Crippen molar-refractivity contribution in [2.24, 2.45) is 0 Å². The minimum atomic E-state index is -4.48. The van der Waals surface area contributed by atoms with E-state index in [2.05, 4.69) is 0 Å². The second-order valence-electron chi connectivity index (χ2n) is 4.42. The molecule has 0 saturated carbocycles. The third-order valence-electron chi connectivity index (χ3n) is 2.96. The summed E-state index contributed by atoms with van der Waals surface area (Å²) in [7, 11) is 0. The van der Waals surface area contributed by atoms with Gasteiger partial charge in [-0.1, -0.05) is 19.1 Å². The molecule has 0 spiro atoms. The Hall–Kier alpha value is -2.48. The molecular formula is C16H12F3NO. The second kappa shape index (κ2) is 5.88. The third-order valence-corrected chi connectivity index (χ3v) is 2.96. The van der Waals surface area contributed by atoms with Crippen LogP contribution in [0, 0.1) is 11.3 Å². The SMILES string of the molecule is CCc1cccc(Oc2ccc(C(F)(F)F)cc2C#N)c1. The Morgan fingerprint density at radius 3 is 2.52 bits per heavy atom. The molecule has 5 heteroatoms. The molecule has 0 aromatic heterocycles. The maximum atomic E-state index is 12.6. The normalized spacial score (nSPS) is 11.0. The average molecular weight is 291 g/mol. The summed E-state index contributed by atoms with van der Waals surface area (Å²) in [5.41, 5.74) is 0.0263. The van der Waals surface area contributed by atoms with Gasteiger partial charge in [-0.05, 0) is 42.3 Å². The van der Waals surface area contributed by atoms with Crippen molar-refractivity contribution in [2.45, 2.75) is 19.5 Å². The van der Waals surface area contributed by atoms with Crippen LogP contribution in [0.5, 0.6) is 11.5 Å². The fraction of sp³-hybridized carbons (Fsp3) is 0.188. The number of ether oxygens (including phenoxy) is 1. The molecule has 0 amide bonds. The van der Waals surface area contributed by atoms with Gasteiger partial charge in [-0.2, -0.15) is 18.4 Å². The van der Waals surface area contributed by atoms with Gasteiger partial charge >= 0.3 is 6.18 Å². The highest BCUT2D eigenvalue weighted by Gasteiger charge is 2.31. The topological polar surface area (TPSA) is 33.0 Å². The number of nitriles is 1. The van der Waals surface area contributed by atoms with Crippen LogP contribution >= 0.6 is 0 Å². The van der Waals surface area contributed by atoms with Gasteiger partial charge in [0, 0.05) is 0 Å². The Morgan fingerprint density at radius 2 is 1.90 bits per heavy atom. The summed E-state index contributed by atoms with van der Waals surface area (Å²) in [5, 5.41) is 8.99. The zero-order valence-electron chi connectivity index (χ0n) is 11.2. The first kappa shape index (κ1) is 14.9. The number of aryl methyl sites for hydroxylation is 1. The second-order valence-corrected chi connectivity index (χ2v) is 4.42. The van der Waals surface area contributed by atoms with E-state index in [9.17, 15) is 13.2 Å². The summed E-state index contributed by atoms with van der Waals surface area (Å²) in [5.74, 6) is 0.601. The molecule has 0 unspecified atom stereocenters. The summed E-state index contributed by atoms with van der Waals surface area (Å²) in [6.07, 6.45) is -3.67. The molecule has 0 aliphatic heterocycles. The quantitative estimate of drug-likeness (QED) is 0.803. The van der Waals surface area contributed by atoms with Crippen LogP contribution < -0.4 is 4.74 Å². The molecule has 0 atom stereocenters. The Balaban J connectivity index is 2.34. The van der Waals surface area contributed by atoms with E-state index in [1.54, 1.807) is 24.3 Å². The molecule has 2 aromatic carbocycles. The molecule has 0 saturated heterocycles. The van der Waals surface area contributed by atoms with Gasteiger partial charge < -0.3 is 4.74 Å². The highest BCUT2D eigenvalue weighted by molar-refractivity contribution is 5.48. The van der Waals surface area contributed by atoms with Crippen LogP contribution in [0.15, 0.2) is 42.5 Å². The van der Waals surface area contributed by atoms with E-state index in [-0.39, 0.29) is 11.3 Å². The van der Waals surface area contributed by atoms with Crippen LogP contribution in [0.1, 0.15) is 23.6 Å². The smallest absolute Gasteiger partial charge is 0.416 e. The van der Waals surface area contributed by atoms with Crippen LogP contribution in [-0.2, 0) is 12.6 Å². The Labute approximate surface area is 120 Å². The predicted molar refractivity (Wildman–Crippen MR) is 72.1 cm³/mol. The van der Waals surface area contributed by atoms with Gasteiger partial charge in [0.2, 0.25) is 0 Å². The fourth-order valence-electron chi connectivity index (χ4n) is 1.84. The van der Waals surface area contributed by atoms with E-state index in [0.29, 0.717) is 5.75 Å². The van der Waals surface area contributed by atoms with Gasteiger partial charge in [0.1, 0.15) is 17.6 Å². The van der Waals surface area contributed by atoms with Crippen LogP contribution in [-0.4, -0.2) is 0 Å². The van der Waals surface area contributed by atoms with Gasteiger partial charge in [0.25, 0.3) is 0 Å². The lowest BCUT2D eigenvalue weighted by Gasteiger charge is -2.11. The third kappa shape index (κ3) is 3.54. The monoisotopic (exact) mass is 291 g/mol. The first-order chi connectivity index (χ1) is 9.94. The number of rotatable bonds is 3. The number of hydrogen-bond donors (Lipinski definition) is 0. The number of halogens is 3. The summed E-state index contributed by atoms with van der Waals surface area (Å²) in [6.45, 7) is 1.98. The average Bonchev–Trinajstić information content (AvgIpc) is 2.46. The largest absolute Gasteiger partial charge is 0.456 e. The summed E-state index contributed by atoms with van der Waals surface area (Å²) in [6, 6.07) is 11.8. The number of hydrogen-bond acceptors (Lipinski definition) is 2. The minimum Gasteiger partial charge on any atom is -0.456 e. The van der Waals surface area contributed by atoms with Crippen LogP contribution in [0.2, 0.25) is 0 Å². The van der Waals surface area contributed by atoms with Crippen molar-refractivity contribution >= 4 is 0 Å². The number of nitrogens with zero attached hydrogens (tertiary/aromatic N) is 1. The highest BCUT2D eigenvalue weighted by Crippen LogP contribution is 2.33. The standard InChI is InChI=1S/C16H12F3NO/c1-2-11-4-3-5-14(8-11)21-15-7-6-13(16(17,18)19)9-12(15)10-20/h3-9H,2H2,1H3. The predicted octanol–water partition coefficient (Wildman–Crippen LogP) is 4.93. The van der Waals surface area contributed by atoms with Gasteiger partial charge in [0.15, 0.2) is 0 Å². The highest BCUT2D eigenvalue weighted by atomic mass is 19.4. The molecule has 0 bridgehead atoms. The van der Waals surface area contributed by atoms with E-state index in [1.807, 2.05) is 13.0 Å². The minimum absolute atomic E-state index is 0.110. The first-order valence-electron chi connectivity index (χ1n) is 6.32. The van der Waals surface area contributed by atoms with Crippen molar-refractivity contribution in [3.05, 3.63) is 59.2 Å². The van der Waals surface area contributed by atoms with Gasteiger partial charge in [-0.3, -0.25) is 0 Å². The van der Waals surface area contributed by atoms with Crippen molar-refractivity contribution in [2.75, 3.05) is 0 Å². The molecule has 0 fully saturated rings. The van der Waals surface area contributed by atoms with E-state index < -0.39 is 11.7 Å². The molecular weight excluding hydrogens is 279 g/mol. The maximum absolute atomic E-state index is 12.6. The molecule has 0 aliphatic carbocycles. The molecule has 0 radical (unpaired) electrons. The fourth-order valence-corrected chi connectivity index (χ4v) is 1.84. The Bertz CT molecular complexity index is 687. The summed E-state index contributed by atoms with van der Waals surface area (Å²) in [4.78, 5) is 0. The van der Waals surface area contributed by atoms with Crippen molar-refractivity contribution in [3.63, 3.8) is 0 Å². The zero-order valence-corrected chi connectivity index (χ0v) is 11.2. The van der Waals surface area contributed by atoms with Crippen LogP contribution in [0.25, 0.3) is 0 Å². The lowest BCUT2D eigenvalue weighted by molar-refractivity contribution is -0.137. The number of benzene rings is 2. The van der Waals surface area contributed by atoms with Crippen molar-refractivity contribution in [1.82, 2.24) is 0 Å². The molecule has 2 nitrogen and oxygen atoms in total. The van der Waals surface area contributed by atoms with Gasteiger partial charge in [-0.15, -0.1) is 0 Å². The first-order valence-corrected chi connectivity index (χ1v) is 6.32.